The van der Waals surface area contributed by atoms with Crippen molar-refractivity contribution in [3.8, 4) is 5.75 Å². The first-order chi connectivity index (χ1) is 12.3. The van der Waals surface area contributed by atoms with Crippen molar-refractivity contribution in [2.24, 2.45) is 0 Å². The van der Waals surface area contributed by atoms with Crippen LogP contribution >= 0.6 is 0 Å². The molecule has 0 aliphatic heterocycles. The highest BCUT2D eigenvalue weighted by atomic mass is 32.2. The zero-order valence-electron chi connectivity index (χ0n) is 13.0. The van der Waals surface area contributed by atoms with E-state index in [-0.39, 0.29) is 11.5 Å². The number of furan rings is 1. The van der Waals surface area contributed by atoms with Crippen molar-refractivity contribution in [2.75, 3.05) is 5.32 Å². The first-order valence-electron chi connectivity index (χ1n) is 7.19. The zero-order chi connectivity index (χ0) is 18.7. The molecule has 0 bridgehead atoms. The highest BCUT2D eigenvalue weighted by molar-refractivity contribution is 7.87. The molecule has 0 aliphatic carbocycles. The van der Waals surface area contributed by atoms with Gasteiger partial charge in [0.1, 0.15) is 10.6 Å². The molecule has 6 nitrogen and oxygen atoms in total. The Kier molecular flexibility index (Phi) is 4.72. The normalized spacial score (nSPS) is 11.2. The van der Waals surface area contributed by atoms with Gasteiger partial charge in [0, 0.05) is 5.69 Å². The Morgan fingerprint density at radius 1 is 1.00 bits per heavy atom. The SMILES string of the molecule is O=C(Nc1ccc(OS(=O)(=O)c2ccc(F)c(F)c2)cc1)c1ccco1. The second-order valence-corrected chi connectivity index (χ2v) is 6.62. The third-order valence-electron chi connectivity index (χ3n) is 3.24. The minimum absolute atomic E-state index is 0.0641. The molecule has 0 spiro atoms. The third kappa shape index (κ3) is 3.89. The van der Waals surface area contributed by atoms with Gasteiger partial charge in [0.2, 0.25) is 0 Å². The van der Waals surface area contributed by atoms with Gasteiger partial charge in [0.15, 0.2) is 17.4 Å². The van der Waals surface area contributed by atoms with E-state index in [1.807, 2.05) is 0 Å². The maximum Gasteiger partial charge on any atom is 0.339 e. The summed E-state index contributed by atoms with van der Waals surface area (Å²) in [5, 5.41) is 2.55. The summed E-state index contributed by atoms with van der Waals surface area (Å²) in [4.78, 5) is 11.3. The third-order valence-corrected chi connectivity index (χ3v) is 4.49. The standard InChI is InChI=1S/C17H11F2NO5S/c18-14-8-7-13(10-15(14)19)26(22,23)25-12-5-3-11(4-6-12)20-17(21)16-2-1-9-24-16/h1-10H,(H,20,21). The summed E-state index contributed by atoms with van der Waals surface area (Å²) in [7, 11) is -4.33. The highest BCUT2D eigenvalue weighted by Crippen LogP contribution is 2.22. The van der Waals surface area contributed by atoms with E-state index in [2.05, 4.69) is 5.32 Å². The largest absolute Gasteiger partial charge is 0.459 e. The van der Waals surface area contributed by atoms with Crippen LogP contribution in [0.2, 0.25) is 0 Å². The lowest BCUT2D eigenvalue weighted by atomic mass is 10.3. The predicted molar refractivity (Wildman–Crippen MR) is 87.3 cm³/mol. The average molecular weight is 379 g/mol. The van der Waals surface area contributed by atoms with E-state index in [0.29, 0.717) is 17.8 Å². The number of hydrogen-bond donors (Lipinski definition) is 1. The first kappa shape index (κ1) is 17.6. The molecular weight excluding hydrogens is 368 g/mol. The summed E-state index contributed by atoms with van der Waals surface area (Å²) in [6.07, 6.45) is 1.36. The Balaban J connectivity index is 1.72. The minimum atomic E-state index is -4.33. The molecule has 9 heteroatoms. The van der Waals surface area contributed by atoms with E-state index in [4.69, 9.17) is 8.60 Å². The molecule has 2 aromatic carbocycles. The van der Waals surface area contributed by atoms with Crippen LogP contribution in [0.25, 0.3) is 0 Å². The Hall–Kier alpha value is -3.20. The molecule has 0 fully saturated rings. The lowest BCUT2D eigenvalue weighted by molar-refractivity contribution is 0.0996. The summed E-state index contributed by atoms with van der Waals surface area (Å²) >= 11 is 0. The van der Waals surface area contributed by atoms with Gasteiger partial charge in [-0.3, -0.25) is 4.79 Å². The van der Waals surface area contributed by atoms with E-state index in [9.17, 15) is 22.0 Å². The number of anilines is 1. The molecule has 0 radical (unpaired) electrons. The molecule has 0 saturated heterocycles. The first-order valence-corrected chi connectivity index (χ1v) is 8.60. The molecule has 26 heavy (non-hydrogen) atoms. The summed E-state index contributed by atoms with van der Waals surface area (Å²) in [5.41, 5.74) is 0.379. The van der Waals surface area contributed by atoms with E-state index < -0.39 is 32.6 Å². The van der Waals surface area contributed by atoms with Crippen molar-refractivity contribution < 1.29 is 30.6 Å². The maximum absolute atomic E-state index is 13.2. The molecule has 3 rings (SSSR count). The summed E-state index contributed by atoms with van der Waals surface area (Å²) in [6, 6.07) is 10.6. The van der Waals surface area contributed by atoms with Gasteiger partial charge < -0.3 is 13.9 Å². The monoisotopic (exact) mass is 379 g/mol. The smallest absolute Gasteiger partial charge is 0.339 e. The second kappa shape index (κ2) is 6.96. The Morgan fingerprint density at radius 2 is 1.73 bits per heavy atom. The fourth-order valence-corrected chi connectivity index (χ4v) is 2.94. The molecule has 3 aromatic rings. The minimum Gasteiger partial charge on any atom is -0.459 e. The summed E-state index contributed by atoms with van der Waals surface area (Å²) in [5.74, 6) is -2.89. The molecular formula is C17H11F2NO5S. The van der Waals surface area contributed by atoms with Gasteiger partial charge in [-0.1, -0.05) is 0 Å². The van der Waals surface area contributed by atoms with Gasteiger partial charge in [-0.05, 0) is 54.6 Å². The molecule has 1 N–H and O–H groups in total. The predicted octanol–water partition coefficient (Wildman–Crippen LogP) is 3.58. The highest BCUT2D eigenvalue weighted by Gasteiger charge is 2.19. The molecule has 0 aliphatic rings. The fourth-order valence-electron chi connectivity index (χ4n) is 2.00. The number of hydrogen-bond acceptors (Lipinski definition) is 5. The molecule has 1 aromatic heterocycles. The van der Waals surface area contributed by atoms with Gasteiger partial charge >= 0.3 is 10.1 Å². The lowest BCUT2D eigenvalue weighted by Gasteiger charge is -2.08. The van der Waals surface area contributed by atoms with Crippen LogP contribution < -0.4 is 9.50 Å². The van der Waals surface area contributed by atoms with Crippen molar-refractivity contribution in [3.63, 3.8) is 0 Å². The number of nitrogens with one attached hydrogen (secondary N) is 1. The summed E-state index contributed by atoms with van der Waals surface area (Å²) < 4.78 is 60.1. The second-order valence-electron chi connectivity index (χ2n) is 5.07. The lowest BCUT2D eigenvalue weighted by Crippen LogP contribution is -2.12. The van der Waals surface area contributed by atoms with Crippen molar-refractivity contribution in [1.82, 2.24) is 0 Å². The van der Waals surface area contributed by atoms with Crippen LogP contribution in [0.3, 0.4) is 0 Å². The number of benzene rings is 2. The quantitative estimate of drug-likeness (QED) is 0.685. The van der Waals surface area contributed by atoms with Crippen molar-refractivity contribution in [1.29, 1.82) is 0 Å². The Bertz CT molecular complexity index is 1030. The van der Waals surface area contributed by atoms with Gasteiger partial charge in [-0.2, -0.15) is 8.42 Å². The van der Waals surface area contributed by atoms with Crippen LogP contribution in [0.1, 0.15) is 10.6 Å². The Morgan fingerprint density at radius 3 is 2.35 bits per heavy atom. The van der Waals surface area contributed by atoms with Crippen LogP contribution in [0, 0.1) is 11.6 Å². The van der Waals surface area contributed by atoms with Crippen LogP contribution in [0.4, 0.5) is 14.5 Å². The van der Waals surface area contributed by atoms with E-state index >= 15 is 0 Å². The number of amides is 1. The van der Waals surface area contributed by atoms with Crippen molar-refractivity contribution in [2.45, 2.75) is 4.90 Å². The molecule has 1 heterocycles. The van der Waals surface area contributed by atoms with E-state index in [0.717, 1.165) is 6.07 Å². The fraction of sp³-hybridized carbons (Fsp3) is 0. The van der Waals surface area contributed by atoms with E-state index in [1.54, 1.807) is 6.07 Å². The Labute approximate surface area is 147 Å². The molecule has 0 unspecified atom stereocenters. The zero-order valence-corrected chi connectivity index (χ0v) is 13.8. The van der Waals surface area contributed by atoms with Crippen molar-refractivity contribution in [3.05, 3.63) is 78.3 Å². The maximum atomic E-state index is 13.2. The van der Waals surface area contributed by atoms with Crippen LogP contribution in [0.5, 0.6) is 5.75 Å². The topological polar surface area (TPSA) is 85.6 Å². The molecule has 0 saturated carbocycles. The van der Waals surface area contributed by atoms with Crippen LogP contribution in [-0.2, 0) is 10.1 Å². The van der Waals surface area contributed by atoms with Gasteiger partial charge in [-0.15, -0.1) is 0 Å². The number of halogens is 2. The number of carbonyl (C=O) groups excluding carboxylic acids is 1. The molecule has 1 amide bonds. The summed E-state index contributed by atoms with van der Waals surface area (Å²) in [6.45, 7) is 0. The molecule has 134 valence electrons. The van der Waals surface area contributed by atoms with Gasteiger partial charge in [0.05, 0.1) is 6.26 Å². The number of carbonyl (C=O) groups is 1. The van der Waals surface area contributed by atoms with E-state index in [1.165, 1.54) is 36.6 Å². The number of rotatable bonds is 5. The average Bonchev–Trinajstić information content (AvgIpc) is 3.13. The molecule has 0 atom stereocenters. The van der Waals surface area contributed by atoms with Gasteiger partial charge in [0.25, 0.3) is 5.91 Å². The van der Waals surface area contributed by atoms with Crippen LogP contribution in [-0.4, -0.2) is 14.3 Å². The van der Waals surface area contributed by atoms with Gasteiger partial charge in [-0.25, -0.2) is 8.78 Å². The van der Waals surface area contributed by atoms with Crippen LogP contribution in [0.15, 0.2) is 70.2 Å². The van der Waals surface area contributed by atoms with Crippen molar-refractivity contribution >= 4 is 21.7 Å².